The second kappa shape index (κ2) is 7.84. The molecule has 1 aromatic rings. The Morgan fingerprint density at radius 1 is 1.38 bits per heavy atom. The lowest BCUT2D eigenvalue weighted by Crippen LogP contribution is -2.47. The quantitative estimate of drug-likeness (QED) is 0.775. The second-order valence-electron chi connectivity index (χ2n) is 5.07. The van der Waals surface area contributed by atoms with Crippen molar-refractivity contribution in [1.82, 2.24) is 10.6 Å². The fourth-order valence-electron chi connectivity index (χ4n) is 1.92. The first kappa shape index (κ1) is 16.4. The third-order valence-corrected chi connectivity index (χ3v) is 4.61. The van der Waals surface area contributed by atoms with E-state index in [-0.39, 0.29) is 11.8 Å². The normalized spacial score (nSPS) is 15.3. The van der Waals surface area contributed by atoms with Crippen molar-refractivity contribution in [1.29, 1.82) is 0 Å². The Hall–Kier alpha value is -1.01. The average Bonchev–Trinajstić information content (AvgIpc) is 3.27. The van der Waals surface area contributed by atoms with Gasteiger partial charge in [-0.1, -0.05) is 12.1 Å². The van der Waals surface area contributed by atoms with E-state index in [4.69, 9.17) is 0 Å². The predicted molar refractivity (Wildman–Crippen MR) is 89.6 cm³/mol. The molecule has 0 aromatic heterocycles. The fraction of sp³-hybridized carbons (Fsp3) is 0.467. The van der Waals surface area contributed by atoms with Crippen molar-refractivity contribution in [2.24, 2.45) is 0 Å². The maximum atomic E-state index is 12.3. The molecule has 2 rings (SSSR count). The first-order valence-electron chi connectivity index (χ1n) is 6.96. The number of amides is 2. The van der Waals surface area contributed by atoms with Gasteiger partial charge in [0.1, 0.15) is 6.04 Å². The van der Waals surface area contributed by atoms with Gasteiger partial charge in [-0.3, -0.25) is 9.59 Å². The number of nitrogens with one attached hydrogen (secondary N) is 2. The summed E-state index contributed by atoms with van der Waals surface area (Å²) in [6.07, 6.45) is 4.71. The average molecular weight is 371 g/mol. The van der Waals surface area contributed by atoms with Crippen molar-refractivity contribution in [3.8, 4) is 0 Å². The molecule has 1 fully saturated rings. The van der Waals surface area contributed by atoms with Gasteiger partial charge < -0.3 is 10.6 Å². The number of carbonyl (C=O) groups is 2. The largest absolute Gasteiger partial charge is 0.352 e. The van der Waals surface area contributed by atoms with E-state index < -0.39 is 6.04 Å². The highest BCUT2D eigenvalue weighted by Gasteiger charge is 2.28. The zero-order valence-electron chi connectivity index (χ0n) is 11.9. The first-order chi connectivity index (χ1) is 10.1. The summed E-state index contributed by atoms with van der Waals surface area (Å²) in [5, 5.41) is 5.81. The van der Waals surface area contributed by atoms with E-state index in [1.54, 1.807) is 23.9 Å². The number of hydrogen-bond acceptors (Lipinski definition) is 3. The Morgan fingerprint density at radius 3 is 2.71 bits per heavy atom. The number of halogens is 1. The lowest BCUT2D eigenvalue weighted by Gasteiger charge is -2.18. The molecule has 0 radical (unpaired) electrons. The highest BCUT2D eigenvalue weighted by Crippen LogP contribution is 2.19. The molecule has 0 saturated heterocycles. The highest BCUT2D eigenvalue weighted by atomic mass is 79.9. The van der Waals surface area contributed by atoms with Crippen molar-refractivity contribution >= 4 is 39.5 Å². The highest BCUT2D eigenvalue weighted by molar-refractivity contribution is 9.10. The van der Waals surface area contributed by atoms with Crippen LogP contribution in [0, 0.1) is 0 Å². The molecule has 0 aliphatic heterocycles. The zero-order chi connectivity index (χ0) is 15.2. The number of thioether (sulfide) groups is 1. The lowest BCUT2D eigenvalue weighted by molar-refractivity contribution is -0.123. The third-order valence-electron chi connectivity index (χ3n) is 3.27. The molecule has 2 amide bonds. The monoisotopic (exact) mass is 370 g/mol. The maximum Gasteiger partial charge on any atom is 0.253 e. The molecule has 4 nitrogen and oxygen atoms in total. The van der Waals surface area contributed by atoms with Crippen LogP contribution in [0.2, 0.25) is 0 Å². The maximum absolute atomic E-state index is 12.3. The van der Waals surface area contributed by atoms with E-state index in [0.717, 1.165) is 23.1 Å². The van der Waals surface area contributed by atoms with Crippen molar-refractivity contribution in [3.63, 3.8) is 0 Å². The molecule has 0 heterocycles. The molecule has 21 heavy (non-hydrogen) atoms. The number of carbonyl (C=O) groups excluding carboxylic acids is 2. The van der Waals surface area contributed by atoms with E-state index in [0.29, 0.717) is 18.0 Å². The third kappa shape index (κ3) is 5.04. The Balaban J connectivity index is 2.01. The first-order valence-corrected chi connectivity index (χ1v) is 9.15. The van der Waals surface area contributed by atoms with Crippen LogP contribution in [-0.4, -0.2) is 35.9 Å². The van der Waals surface area contributed by atoms with Crippen LogP contribution in [0.25, 0.3) is 0 Å². The van der Waals surface area contributed by atoms with Crippen LogP contribution in [0.5, 0.6) is 0 Å². The molecular weight excluding hydrogens is 352 g/mol. The Bertz CT molecular complexity index is 520. The lowest BCUT2D eigenvalue weighted by atomic mass is 10.1. The molecule has 1 aromatic carbocycles. The van der Waals surface area contributed by atoms with Gasteiger partial charge in [0.2, 0.25) is 5.91 Å². The smallest absolute Gasteiger partial charge is 0.253 e. The van der Waals surface area contributed by atoms with Crippen LogP contribution in [0.3, 0.4) is 0 Å². The molecule has 1 aliphatic rings. The predicted octanol–water partition coefficient (Wildman–Crippen LogP) is 2.58. The molecule has 0 spiro atoms. The van der Waals surface area contributed by atoms with Crippen molar-refractivity contribution in [2.45, 2.75) is 31.3 Å². The van der Waals surface area contributed by atoms with E-state index in [2.05, 4.69) is 26.6 Å². The van der Waals surface area contributed by atoms with Crippen LogP contribution >= 0.6 is 27.7 Å². The summed E-state index contributed by atoms with van der Waals surface area (Å²) in [4.78, 5) is 24.5. The summed E-state index contributed by atoms with van der Waals surface area (Å²) in [6, 6.07) is 7.04. The van der Waals surface area contributed by atoms with Gasteiger partial charge in [0, 0.05) is 10.5 Å². The molecule has 1 saturated carbocycles. The molecule has 114 valence electrons. The van der Waals surface area contributed by atoms with E-state index in [1.165, 1.54) is 0 Å². The van der Waals surface area contributed by atoms with E-state index in [9.17, 15) is 9.59 Å². The summed E-state index contributed by atoms with van der Waals surface area (Å²) in [5.74, 6) is 0.533. The number of rotatable bonds is 7. The molecule has 1 atom stereocenters. The number of hydrogen-bond donors (Lipinski definition) is 2. The Kier molecular flexibility index (Phi) is 6.11. The van der Waals surface area contributed by atoms with Crippen LogP contribution < -0.4 is 10.6 Å². The molecule has 6 heteroatoms. The summed E-state index contributed by atoms with van der Waals surface area (Å²) in [5.41, 5.74) is 0.547. The van der Waals surface area contributed by atoms with Gasteiger partial charge in [-0.25, -0.2) is 0 Å². The van der Waals surface area contributed by atoms with Crippen molar-refractivity contribution in [2.75, 3.05) is 12.0 Å². The number of benzene rings is 1. The fourth-order valence-corrected chi connectivity index (χ4v) is 2.85. The van der Waals surface area contributed by atoms with E-state index in [1.807, 2.05) is 18.4 Å². The van der Waals surface area contributed by atoms with E-state index >= 15 is 0 Å². The van der Waals surface area contributed by atoms with Gasteiger partial charge in [-0.15, -0.1) is 0 Å². The van der Waals surface area contributed by atoms with Crippen LogP contribution in [0.1, 0.15) is 29.6 Å². The van der Waals surface area contributed by atoms with Crippen LogP contribution in [-0.2, 0) is 4.79 Å². The summed E-state index contributed by atoms with van der Waals surface area (Å²) < 4.78 is 0.730. The van der Waals surface area contributed by atoms with Gasteiger partial charge >= 0.3 is 0 Å². The van der Waals surface area contributed by atoms with Gasteiger partial charge in [-0.05, 0) is 59.3 Å². The topological polar surface area (TPSA) is 58.2 Å². The molecular formula is C15H19BrN2O2S. The van der Waals surface area contributed by atoms with Gasteiger partial charge in [0.15, 0.2) is 0 Å². The molecule has 0 unspecified atom stereocenters. The van der Waals surface area contributed by atoms with Gasteiger partial charge in [0.25, 0.3) is 5.91 Å². The molecule has 0 bridgehead atoms. The summed E-state index contributed by atoms with van der Waals surface area (Å²) >= 11 is 5.03. The Morgan fingerprint density at radius 2 is 2.10 bits per heavy atom. The minimum atomic E-state index is -0.474. The minimum Gasteiger partial charge on any atom is -0.352 e. The zero-order valence-corrected chi connectivity index (χ0v) is 14.3. The summed E-state index contributed by atoms with van der Waals surface area (Å²) in [6.45, 7) is 0. The van der Waals surface area contributed by atoms with Gasteiger partial charge in [-0.2, -0.15) is 11.8 Å². The molecule has 1 aliphatic carbocycles. The SMILES string of the molecule is CSCC[C@H](NC(=O)c1ccccc1Br)C(=O)NC1CC1. The van der Waals surface area contributed by atoms with Crippen LogP contribution in [0.4, 0.5) is 0 Å². The van der Waals surface area contributed by atoms with Gasteiger partial charge in [0.05, 0.1) is 5.56 Å². The second-order valence-corrected chi connectivity index (χ2v) is 6.91. The van der Waals surface area contributed by atoms with Crippen LogP contribution in [0.15, 0.2) is 28.7 Å². The standard InChI is InChI=1S/C15H19BrN2O2S/c1-21-9-8-13(15(20)17-10-6-7-10)18-14(19)11-4-2-3-5-12(11)16/h2-5,10,13H,6-9H2,1H3,(H,17,20)(H,18,19)/t13-/m0/s1. The van der Waals surface area contributed by atoms with Crippen molar-refractivity contribution in [3.05, 3.63) is 34.3 Å². The van der Waals surface area contributed by atoms with Crippen molar-refractivity contribution < 1.29 is 9.59 Å². The summed E-state index contributed by atoms with van der Waals surface area (Å²) in [7, 11) is 0. The minimum absolute atomic E-state index is 0.0769. The Labute approximate surface area is 137 Å². The molecule has 2 N–H and O–H groups in total.